The molecule has 1 saturated heterocycles. The monoisotopic (exact) mass is 268 g/mol. The lowest BCUT2D eigenvalue weighted by Crippen LogP contribution is -2.15. The van der Waals surface area contributed by atoms with Crippen molar-refractivity contribution in [3.63, 3.8) is 0 Å². The Balaban J connectivity index is 1.80. The number of carbonyl (C=O) groups excluding carboxylic acids is 1. The van der Waals surface area contributed by atoms with Crippen LogP contribution in [0.5, 0.6) is 0 Å². The number of nitrogens with one attached hydrogen (secondary N) is 1. The average molecular weight is 269 g/mol. The second kappa shape index (κ2) is 6.07. The Hall–Kier alpha value is -1.26. The van der Waals surface area contributed by atoms with Crippen molar-refractivity contribution in [3.05, 3.63) is 23.2 Å². The third kappa shape index (κ3) is 3.62. The lowest BCUT2D eigenvalue weighted by atomic mass is 10.1. The summed E-state index contributed by atoms with van der Waals surface area (Å²) in [5.74, 6) is -0.0211. The summed E-state index contributed by atoms with van der Waals surface area (Å²) in [5.41, 5.74) is 6.81. The minimum absolute atomic E-state index is 0.0211. The molecule has 18 heavy (non-hydrogen) atoms. The first-order chi connectivity index (χ1) is 8.65. The molecule has 0 aliphatic carbocycles. The van der Waals surface area contributed by atoms with E-state index in [0.717, 1.165) is 25.9 Å². The van der Waals surface area contributed by atoms with Crippen molar-refractivity contribution in [2.45, 2.75) is 31.8 Å². The molecule has 1 aromatic carbocycles. The number of halogens is 1. The van der Waals surface area contributed by atoms with Crippen LogP contribution >= 0.6 is 11.6 Å². The maximum absolute atomic E-state index is 11.7. The predicted octanol–water partition coefficient (Wildman–Crippen LogP) is 2.82. The lowest BCUT2D eigenvalue weighted by Gasteiger charge is -2.10. The van der Waals surface area contributed by atoms with Crippen LogP contribution in [0.1, 0.15) is 25.7 Å². The maximum atomic E-state index is 11.7. The van der Waals surface area contributed by atoms with Crippen LogP contribution in [0.3, 0.4) is 0 Å². The summed E-state index contributed by atoms with van der Waals surface area (Å²) in [6.45, 7) is 0.819. The number of hydrogen-bond acceptors (Lipinski definition) is 3. The summed E-state index contributed by atoms with van der Waals surface area (Å²) in [4.78, 5) is 11.7. The molecule has 1 unspecified atom stereocenters. The van der Waals surface area contributed by atoms with Gasteiger partial charge in [-0.05, 0) is 37.5 Å². The van der Waals surface area contributed by atoms with Gasteiger partial charge in [-0.25, -0.2) is 0 Å². The van der Waals surface area contributed by atoms with Gasteiger partial charge in [-0.2, -0.15) is 0 Å². The van der Waals surface area contributed by atoms with E-state index < -0.39 is 0 Å². The number of nitrogen functional groups attached to an aromatic ring is 1. The summed E-state index contributed by atoms with van der Waals surface area (Å²) in [6, 6.07) is 5.07. The van der Waals surface area contributed by atoms with E-state index in [1.54, 1.807) is 18.2 Å². The molecule has 0 spiro atoms. The molecule has 5 heteroatoms. The maximum Gasteiger partial charge on any atom is 0.224 e. The van der Waals surface area contributed by atoms with Gasteiger partial charge in [0.2, 0.25) is 5.91 Å². The van der Waals surface area contributed by atoms with Gasteiger partial charge >= 0.3 is 0 Å². The van der Waals surface area contributed by atoms with Crippen LogP contribution < -0.4 is 11.1 Å². The summed E-state index contributed by atoms with van der Waals surface area (Å²) in [7, 11) is 0. The van der Waals surface area contributed by atoms with Crippen LogP contribution in [0.4, 0.5) is 11.4 Å². The van der Waals surface area contributed by atoms with Crippen molar-refractivity contribution < 1.29 is 9.53 Å². The number of amides is 1. The van der Waals surface area contributed by atoms with Gasteiger partial charge < -0.3 is 15.8 Å². The van der Waals surface area contributed by atoms with Gasteiger partial charge in [-0.15, -0.1) is 0 Å². The SMILES string of the molecule is Nc1cc(NC(=O)CCC2CCCO2)ccc1Cl. The molecule has 1 atom stereocenters. The zero-order chi connectivity index (χ0) is 13.0. The van der Waals surface area contributed by atoms with E-state index in [9.17, 15) is 4.79 Å². The number of ether oxygens (including phenoxy) is 1. The van der Waals surface area contributed by atoms with Crippen LogP contribution in [-0.4, -0.2) is 18.6 Å². The predicted molar refractivity (Wildman–Crippen MR) is 72.7 cm³/mol. The molecule has 1 aliphatic rings. The highest BCUT2D eigenvalue weighted by Gasteiger charge is 2.16. The Labute approximate surface area is 111 Å². The minimum Gasteiger partial charge on any atom is -0.397 e. The first kappa shape index (κ1) is 13.2. The topological polar surface area (TPSA) is 64.3 Å². The van der Waals surface area contributed by atoms with Crippen LogP contribution in [0.15, 0.2) is 18.2 Å². The van der Waals surface area contributed by atoms with Crippen LogP contribution in [0.2, 0.25) is 5.02 Å². The van der Waals surface area contributed by atoms with Crippen molar-refractivity contribution >= 4 is 28.9 Å². The molecule has 1 heterocycles. The van der Waals surface area contributed by atoms with Crippen LogP contribution in [0, 0.1) is 0 Å². The number of hydrogen-bond donors (Lipinski definition) is 2. The fraction of sp³-hybridized carbons (Fsp3) is 0.462. The van der Waals surface area contributed by atoms with Gasteiger partial charge in [0.1, 0.15) is 0 Å². The van der Waals surface area contributed by atoms with E-state index >= 15 is 0 Å². The van der Waals surface area contributed by atoms with Gasteiger partial charge in [0.25, 0.3) is 0 Å². The molecular weight excluding hydrogens is 252 g/mol. The van der Waals surface area contributed by atoms with E-state index in [1.807, 2.05) is 0 Å². The third-order valence-electron chi connectivity index (χ3n) is 3.00. The summed E-state index contributed by atoms with van der Waals surface area (Å²) in [6.07, 6.45) is 3.63. The van der Waals surface area contributed by atoms with E-state index in [0.29, 0.717) is 22.8 Å². The molecule has 98 valence electrons. The van der Waals surface area contributed by atoms with E-state index in [-0.39, 0.29) is 12.0 Å². The minimum atomic E-state index is -0.0211. The smallest absolute Gasteiger partial charge is 0.224 e. The highest BCUT2D eigenvalue weighted by Crippen LogP contribution is 2.23. The molecular formula is C13H17ClN2O2. The van der Waals surface area contributed by atoms with Gasteiger partial charge in [0.15, 0.2) is 0 Å². The lowest BCUT2D eigenvalue weighted by molar-refractivity contribution is -0.116. The van der Waals surface area contributed by atoms with Crippen molar-refractivity contribution in [1.29, 1.82) is 0 Å². The highest BCUT2D eigenvalue weighted by atomic mass is 35.5. The number of benzene rings is 1. The molecule has 0 aromatic heterocycles. The number of rotatable bonds is 4. The van der Waals surface area contributed by atoms with Gasteiger partial charge in [0.05, 0.1) is 16.8 Å². The summed E-state index contributed by atoms with van der Waals surface area (Å²) >= 11 is 5.81. The van der Waals surface area contributed by atoms with E-state index in [1.165, 1.54) is 0 Å². The first-order valence-corrected chi connectivity index (χ1v) is 6.49. The zero-order valence-corrected chi connectivity index (χ0v) is 10.9. The second-order valence-corrected chi connectivity index (χ2v) is 4.87. The standard InChI is InChI=1S/C13H17ClN2O2/c14-11-5-3-9(8-12(11)15)16-13(17)6-4-10-2-1-7-18-10/h3,5,8,10H,1-2,4,6-7,15H2,(H,16,17). The fourth-order valence-corrected chi connectivity index (χ4v) is 2.13. The molecule has 1 amide bonds. The van der Waals surface area contributed by atoms with Gasteiger partial charge in [0, 0.05) is 18.7 Å². The molecule has 1 fully saturated rings. The van der Waals surface area contributed by atoms with Crippen molar-refractivity contribution in [1.82, 2.24) is 0 Å². The quantitative estimate of drug-likeness (QED) is 0.826. The number of anilines is 2. The highest BCUT2D eigenvalue weighted by molar-refractivity contribution is 6.33. The normalized spacial score (nSPS) is 18.8. The van der Waals surface area contributed by atoms with E-state index in [2.05, 4.69) is 5.32 Å². The molecule has 4 nitrogen and oxygen atoms in total. The molecule has 0 radical (unpaired) electrons. The fourth-order valence-electron chi connectivity index (χ4n) is 2.01. The molecule has 0 bridgehead atoms. The Morgan fingerprint density at radius 3 is 3.06 bits per heavy atom. The Morgan fingerprint density at radius 2 is 2.39 bits per heavy atom. The number of carbonyl (C=O) groups is 1. The van der Waals surface area contributed by atoms with Gasteiger partial charge in [-0.3, -0.25) is 4.79 Å². The third-order valence-corrected chi connectivity index (χ3v) is 3.34. The molecule has 1 aromatic rings. The Bertz CT molecular complexity index is 431. The van der Waals surface area contributed by atoms with Crippen LogP contribution in [0.25, 0.3) is 0 Å². The van der Waals surface area contributed by atoms with E-state index in [4.69, 9.17) is 22.1 Å². The second-order valence-electron chi connectivity index (χ2n) is 4.46. The average Bonchev–Trinajstić information content (AvgIpc) is 2.84. The van der Waals surface area contributed by atoms with Crippen LogP contribution in [-0.2, 0) is 9.53 Å². The molecule has 1 aliphatic heterocycles. The summed E-state index contributed by atoms with van der Waals surface area (Å²) < 4.78 is 5.47. The van der Waals surface area contributed by atoms with Crippen molar-refractivity contribution in [3.8, 4) is 0 Å². The van der Waals surface area contributed by atoms with Gasteiger partial charge in [-0.1, -0.05) is 11.6 Å². The Kier molecular flexibility index (Phi) is 4.44. The number of nitrogens with two attached hydrogens (primary N) is 1. The molecule has 3 N–H and O–H groups in total. The summed E-state index contributed by atoms with van der Waals surface area (Å²) in [5, 5.41) is 3.29. The van der Waals surface area contributed by atoms with Crippen molar-refractivity contribution in [2.75, 3.05) is 17.7 Å². The zero-order valence-electron chi connectivity index (χ0n) is 10.1. The largest absolute Gasteiger partial charge is 0.397 e. The first-order valence-electron chi connectivity index (χ1n) is 6.11. The molecule has 2 rings (SSSR count). The van der Waals surface area contributed by atoms with Crippen molar-refractivity contribution in [2.24, 2.45) is 0 Å². The Morgan fingerprint density at radius 1 is 1.56 bits per heavy atom. The molecule has 0 saturated carbocycles.